The molecule has 208 valence electrons. The van der Waals surface area contributed by atoms with Crippen molar-refractivity contribution in [2.45, 2.75) is 50.2 Å². The molecule has 5 nitrogen and oxygen atoms in total. The molecule has 1 aliphatic carbocycles. The van der Waals surface area contributed by atoms with Gasteiger partial charge in [-0.15, -0.1) is 0 Å². The lowest BCUT2D eigenvalue weighted by atomic mass is 9.80. The molecule has 2 unspecified atom stereocenters. The largest absolute Gasteiger partial charge is 1.00 e. The average molecular weight is 550 g/mol. The quantitative estimate of drug-likeness (QED) is 0.240. The van der Waals surface area contributed by atoms with Crippen molar-refractivity contribution in [3.05, 3.63) is 90.5 Å². The van der Waals surface area contributed by atoms with Crippen LogP contribution in [-0.2, 0) is 15.1 Å². The first kappa shape index (κ1) is 29.1. The van der Waals surface area contributed by atoms with E-state index in [0.717, 1.165) is 68.4 Å². The number of quaternary nitrogens is 1. The average Bonchev–Trinajstić information content (AvgIpc) is 3.63. The number of hydrogen-bond donors (Lipinski definition) is 1. The molecule has 3 aromatic carbocycles. The summed E-state index contributed by atoms with van der Waals surface area (Å²) in [5.41, 5.74) is 1.47. The van der Waals surface area contributed by atoms with E-state index in [9.17, 15) is 9.90 Å². The van der Waals surface area contributed by atoms with Crippen molar-refractivity contribution in [2.24, 2.45) is 5.92 Å². The number of likely N-dealkylation sites (N-methyl/N-ethyl adjacent to an activating group) is 1. The van der Waals surface area contributed by atoms with Crippen LogP contribution >= 0.6 is 0 Å². The lowest BCUT2D eigenvalue weighted by molar-refractivity contribution is -0.899. The van der Waals surface area contributed by atoms with E-state index in [0.29, 0.717) is 12.2 Å². The second-order valence-electron chi connectivity index (χ2n) is 11.3. The smallest absolute Gasteiger partial charge is 0.343 e. The Balaban J connectivity index is 0.00000353. The number of nitrogens with zero attached hydrogens (tertiary/aromatic N) is 1. The summed E-state index contributed by atoms with van der Waals surface area (Å²) >= 11 is 0. The van der Waals surface area contributed by atoms with E-state index >= 15 is 0 Å². The van der Waals surface area contributed by atoms with Crippen LogP contribution in [0.25, 0.3) is 11.1 Å². The molecule has 39 heavy (non-hydrogen) atoms. The van der Waals surface area contributed by atoms with Crippen molar-refractivity contribution in [2.75, 3.05) is 33.3 Å². The Morgan fingerprint density at radius 3 is 2.18 bits per heavy atom. The van der Waals surface area contributed by atoms with E-state index in [-0.39, 0.29) is 24.4 Å². The summed E-state index contributed by atoms with van der Waals surface area (Å²) in [7, 11) is 2.23. The van der Waals surface area contributed by atoms with Crippen LogP contribution in [0.2, 0.25) is 0 Å². The zero-order valence-corrected chi connectivity index (χ0v) is 23.6. The molecule has 0 spiro atoms. The van der Waals surface area contributed by atoms with E-state index in [1.807, 2.05) is 60.7 Å². The molecular formula is C33H40ClNO4. The second-order valence-corrected chi connectivity index (χ2v) is 11.3. The lowest BCUT2D eigenvalue weighted by Gasteiger charge is -2.33. The maximum Gasteiger partial charge on any atom is 0.343 e. The number of carbonyl (C=O) groups is 1. The van der Waals surface area contributed by atoms with Crippen molar-refractivity contribution in [1.82, 2.24) is 0 Å². The van der Waals surface area contributed by atoms with Crippen molar-refractivity contribution in [1.29, 1.82) is 0 Å². The maximum atomic E-state index is 13.5. The molecule has 0 amide bonds. The predicted octanol–water partition coefficient (Wildman–Crippen LogP) is 2.97. The van der Waals surface area contributed by atoms with Crippen LogP contribution in [0.4, 0.5) is 0 Å². The van der Waals surface area contributed by atoms with E-state index in [1.165, 1.54) is 11.1 Å². The molecule has 1 aliphatic heterocycles. The fourth-order valence-electron chi connectivity index (χ4n) is 6.24. The van der Waals surface area contributed by atoms with Gasteiger partial charge in [0, 0.05) is 18.8 Å². The Morgan fingerprint density at radius 2 is 1.51 bits per heavy atom. The van der Waals surface area contributed by atoms with Gasteiger partial charge in [-0.05, 0) is 41.7 Å². The highest BCUT2D eigenvalue weighted by Gasteiger charge is 2.49. The molecule has 3 aromatic rings. The molecule has 2 aliphatic rings. The molecule has 1 saturated heterocycles. The standard InChI is InChI=1S/C33H40NO4.ClH/c1-34(22-10-24-37-30-19-17-27(18-20-30)26-11-4-2-5-12-26)23-21-31(25-34)38-32(35)33(36,29-15-8-9-16-29)28-13-6-3-7-14-28;/h2-7,11-14,17-20,29,31,36H,8-10,15-16,21-25H2,1H3;1H/q+1;/p-1/t31?,33-,34?;/m0./s1. The third-order valence-electron chi connectivity index (χ3n) is 8.45. The Labute approximate surface area is 238 Å². The van der Waals surface area contributed by atoms with E-state index in [4.69, 9.17) is 9.47 Å². The second kappa shape index (κ2) is 13.0. The number of hydrogen-bond acceptors (Lipinski definition) is 4. The number of benzene rings is 3. The van der Waals surface area contributed by atoms with Gasteiger partial charge in [-0.25, -0.2) is 4.79 Å². The fraction of sp³-hybridized carbons (Fsp3) is 0.424. The minimum absolute atomic E-state index is 0. The SMILES string of the molecule is C[N+]1(CCCOc2ccc(-c3ccccc3)cc2)CCC(OC(=O)[C@](O)(c2ccccc2)C2CCCC2)C1.[Cl-]. The number of halogens is 1. The first-order chi connectivity index (χ1) is 18.5. The summed E-state index contributed by atoms with van der Waals surface area (Å²) in [4.78, 5) is 13.5. The number of likely N-dealkylation sites (tertiary alicyclic amines) is 1. The zero-order chi connectivity index (χ0) is 26.4. The molecule has 5 rings (SSSR count). The van der Waals surface area contributed by atoms with Gasteiger partial charge in [0.1, 0.15) is 12.3 Å². The first-order valence-electron chi connectivity index (χ1n) is 14.1. The van der Waals surface area contributed by atoms with Crippen LogP contribution in [0.1, 0.15) is 44.1 Å². The van der Waals surface area contributed by atoms with Crippen molar-refractivity contribution < 1.29 is 36.3 Å². The van der Waals surface area contributed by atoms with Gasteiger partial charge in [-0.2, -0.15) is 0 Å². The zero-order valence-electron chi connectivity index (χ0n) is 22.8. The van der Waals surface area contributed by atoms with Crippen LogP contribution in [0.15, 0.2) is 84.9 Å². The van der Waals surface area contributed by atoms with Crippen LogP contribution < -0.4 is 17.1 Å². The number of esters is 1. The molecule has 1 N–H and O–H groups in total. The summed E-state index contributed by atoms with van der Waals surface area (Å²) in [6, 6.07) is 28.0. The van der Waals surface area contributed by atoms with Crippen molar-refractivity contribution in [3.63, 3.8) is 0 Å². The topological polar surface area (TPSA) is 55.8 Å². The molecule has 6 heteroatoms. The van der Waals surface area contributed by atoms with Gasteiger partial charge < -0.3 is 31.5 Å². The molecule has 1 heterocycles. The fourth-order valence-corrected chi connectivity index (χ4v) is 6.24. The van der Waals surface area contributed by atoms with Gasteiger partial charge in [0.15, 0.2) is 11.7 Å². The van der Waals surface area contributed by atoms with E-state index < -0.39 is 11.6 Å². The Bertz CT molecular complexity index is 1180. The molecule has 1 saturated carbocycles. The van der Waals surface area contributed by atoms with Gasteiger partial charge in [0.2, 0.25) is 0 Å². The Morgan fingerprint density at radius 1 is 0.897 bits per heavy atom. The summed E-state index contributed by atoms with van der Waals surface area (Å²) in [5.74, 6) is 0.322. The highest BCUT2D eigenvalue weighted by Crippen LogP contribution is 2.42. The van der Waals surface area contributed by atoms with E-state index in [1.54, 1.807) is 0 Å². The molecule has 2 fully saturated rings. The Hall–Kier alpha value is -2.86. The van der Waals surface area contributed by atoms with Crippen LogP contribution in [0.3, 0.4) is 0 Å². The minimum atomic E-state index is -1.56. The van der Waals surface area contributed by atoms with Gasteiger partial charge in [0.05, 0.1) is 26.7 Å². The van der Waals surface area contributed by atoms with E-state index in [2.05, 4.69) is 31.3 Å². The van der Waals surface area contributed by atoms with Crippen molar-refractivity contribution >= 4 is 5.97 Å². The van der Waals surface area contributed by atoms with Gasteiger partial charge in [-0.3, -0.25) is 0 Å². The number of ether oxygens (including phenoxy) is 2. The summed E-state index contributed by atoms with van der Waals surface area (Å²) in [5, 5.41) is 11.7. The normalized spacial score (nSPS) is 22.6. The molecule has 3 atom stereocenters. The third kappa shape index (κ3) is 6.84. The van der Waals surface area contributed by atoms with Gasteiger partial charge in [-0.1, -0.05) is 85.6 Å². The first-order valence-corrected chi connectivity index (χ1v) is 14.1. The number of carbonyl (C=O) groups excluding carboxylic acids is 1. The number of rotatable bonds is 10. The van der Waals surface area contributed by atoms with Gasteiger partial charge in [0.25, 0.3) is 0 Å². The lowest BCUT2D eigenvalue weighted by Crippen LogP contribution is -3.00. The monoisotopic (exact) mass is 549 g/mol. The number of aliphatic hydroxyl groups is 1. The summed E-state index contributed by atoms with van der Waals surface area (Å²) in [6.07, 6.45) is 5.38. The van der Waals surface area contributed by atoms with Crippen LogP contribution in [-0.4, -0.2) is 55.0 Å². The Kier molecular flexibility index (Phi) is 9.71. The highest BCUT2D eigenvalue weighted by molar-refractivity contribution is 5.81. The van der Waals surface area contributed by atoms with Crippen LogP contribution in [0, 0.1) is 5.92 Å². The summed E-state index contributed by atoms with van der Waals surface area (Å²) in [6.45, 7) is 3.34. The van der Waals surface area contributed by atoms with Crippen molar-refractivity contribution in [3.8, 4) is 16.9 Å². The van der Waals surface area contributed by atoms with Crippen LogP contribution in [0.5, 0.6) is 5.75 Å². The maximum absolute atomic E-state index is 13.5. The molecule has 0 aromatic heterocycles. The molecule has 0 bridgehead atoms. The summed E-state index contributed by atoms with van der Waals surface area (Å²) < 4.78 is 12.9. The highest BCUT2D eigenvalue weighted by atomic mass is 35.5. The van der Waals surface area contributed by atoms with Gasteiger partial charge >= 0.3 is 5.97 Å². The molecule has 0 radical (unpaired) electrons. The third-order valence-corrected chi connectivity index (χ3v) is 8.45. The minimum Gasteiger partial charge on any atom is -1.00 e. The molecular weight excluding hydrogens is 510 g/mol. The predicted molar refractivity (Wildman–Crippen MR) is 150 cm³/mol.